The fourth-order valence-electron chi connectivity index (χ4n) is 1.92. The number of hydrogen-bond donors (Lipinski definition) is 1. The zero-order valence-corrected chi connectivity index (χ0v) is 10.5. The Balaban J connectivity index is 1.99. The molecule has 3 nitrogen and oxygen atoms in total. The van der Waals surface area contributed by atoms with Crippen LogP contribution in [0.15, 0.2) is 48.2 Å². The first-order chi connectivity index (χ1) is 9.13. The van der Waals surface area contributed by atoms with Crippen LogP contribution in [0.5, 0.6) is 11.5 Å². The minimum absolute atomic E-state index is 0.0653. The lowest BCUT2D eigenvalue weighted by molar-refractivity contribution is 0.101. The van der Waals surface area contributed by atoms with E-state index in [4.69, 9.17) is 16.3 Å². The van der Waals surface area contributed by atoms with Crippen molar-refractivity contribution in [3.05, 3.63) is 64.4 Å². The van der Waals surface area contributed by atoms with Crippen LogP contribution < -0.4 is 4.74 Å². The Labute approximate surface area is 114 Å². The Hall–Kier alpha value is -2.26. The lowest BCUT2D eigenvalue weighted by Gasteiger charge is -1.99. The number of carbonyl (C=O) groups is 1. The molecule has 0 amide bonds. The third-order valence-electron chi connectivity index (χ3n) is 2.80. The summed E-state index contributed by atoms with van der Waals surface area (Å²) in [6, 6.07) is 11.6. The third-order valence-corrected chi connectivity index (χ3v) is 3.04. The maximum atomic E-state index is 12.1. The second kappa shape index (κ2) is 4.44. The molecule has 0 radical (unpaired) electrons. The number of carbonyl (C=O) groups excluding carboxylic acids is 1. The number of ketones is 1. The molecule has 3 rings (SSSR count). The van der Waals surface area contributed by atoms with Gasteiger partial charge >= 0.3 is 0 Å². The monoisotopic (exact) mass is 272 g/mol. The summed E-state index contributed by atoms with van der Waals surface area (Å²) in [5, 5.41) is 9.96. The molecule has 1 heterocycles. The van der Waals surface area contributed by atoms with Crippen LogP contribution in [0.4, 0.5) is 0 Å². The van der Waals surface area contributed by atoms with Crippen molar-refractivity contribution in [2.45, 2.75) is 0 Å². The van der Waals surface area contributed by atoms with Gasteiger partial charge in [0, 0.05) is 11.1 Å². The summed E-state index contributed by atoms with van der Waals surface area (Å²) in [6.07, 6.45) is 1.63. The lowest BCUT2D eigenvalue weighted by atomic mass is 10.1. The van der Waals surface area contributed by atoms with E-state index in [2.05, 4.69) is 0 Å². The molecule has 19 heavy (non-hydrogen) atoms. The topological polar surface area (TPSA) is 46.5 Å². The normalized spacial score (nSPS) is 15.4. The molecule has 0 spiro atoms. The fourth-order valence-corrected chi connectivity index (χ4v) is 2.12. The van der Waals surface area contributed by atoms with Crippen molar-refractivity contribution in [3.8, 4) is 11.5 Å². The van der Waals surface area contributed by atoms with Crippen LogP contribution in [0.1, 0.15) is 15.9 Å². The van der Waals surface area contributed by atoms with Crippen LogP contribution in [0.25, 0.3) is 6.08 Å². The number of halogens is 1. The van der Waals surface area contributed by atoms with Crippen LogP contribution in [0.2, 0.25) is 5.02 Å². The van der Waals surface area contributed by atoms with Gasteiger partial charge in [0.25, 0.3) is 0 Å². The molecule has 0 aliphatic carbocycles. The molecular weight excluding hydrogens is 264 g/mol. The van der Waals surface area contributed by atoms with E-state index in [-0.39, 0.29) is 17.3 Å². The predicted octanol–water partition coefficient (Wildman–Crippen LogP) is 3.66. The predicted molar refractivity (Wildman–Crippen MR) is 72.5 cm³/mol. The van der Waals surface area contributed by atoms with Crippen molar-refractivity contribution in [1.29, 1.82) is 0 Å². The molecule has 94 valence electrons. The number of aromatic hydroxyl groups is 1. The summed E-state index contributed by atoms with van der Waals surface area (Å²) in [4.78, 5) is 12.1. The summed E-state index contributed by atoms with van der Waals surface area (Å²) in [5.74, 6) is 0.465. The van der Waals surface area contributed by atoms with Crippen molar-refractivity contribution in [2.75, 3.05) is 0 Å². The maximum Gasteiger partial charge on any atom is 0.231 e. The average molecular weight is 273 g/mol. The van der Waals surface area contributed by atoms with Gasteiger partial charge in [0.2, 0.25) is 5.78 Å². The molecular formula is C15H9ClO3. The van der Waals surface area contributed by atoms with Crippen LogP contribution in [0, 0.1) is 0 Å². The quantitative estimate of drug-likeness (QED) is 0.806. The average Bonchev–Trinajstić information content (AvgIpc) is 2.66. The summed E-state index contributed by atoms with van der Waals surface area (Å²) in [5.41, 5.74) is 1.24. The van der Waals surface area contributed by atoms with Gasteiger partial charge in [0.1, 0.15) is 11.5 Å². The van der Waals surface area contributed by atoms with Gasteiger partial charge in [-0.15, -0.1) is 0 Å². The molecule has 1 aliphatic heterocycles. The Morgan fingerprint density at radius 1 is 1.16 bits per heavy atom. The van der Waals surface area contributed by atoms with E-state index < -0.39 is 0 Å². The first-order valence-electron chi connectivity index (χ1n) is 5.66. The molecule has 2 aromatic carbocycles. The molecule has 0 atom stereocenters. The van der Waals surface area contributed by atoms with Crippen molar-refractivity contribution in [3.63, 3.8) is 0 Å². The fraction of sp³-hybridized carbons (Fsp3) is 0. The van der Waals surface area contributed by atoms with E-state index in [9.17, 15) is 9.90 Å². The number of benzene rings is 2. The summed E-state index contributed by atoms with van der Waals surface area (Å²) in [6.45, 7) is 0. The van der Waals surface area contributed by atoms with Gasteiger partial charge < -0.3 is 9.84 Å². The van der Waals surface area contributed by atoms with Crippen molar-refractivity contribution in [2.24, 2.45) is 0 Å². The summed E-state index contributed by atoms with van der Waals surface area (Å²) < 4.78 is 5.45. The molecule has 0 saturated heterocycles. The largest absolute Gasteiger partial charge is 0.508 e. The smallest absolute Gasteiger partial charge is 0.231 e. The van der Waals surface area contributed by atoms with Gasteiger partial charge in [-0.05, 0) is 35.9 Å². The van der Waals surface area contributed by atoms with E-state index in [0.29, 0.717) is 16.3 Å². The number of rotatable bonds is 1. The second-order valence-corrected chi connectivity index (χ2v) is 4.61. The van der Waals surface area contributed by atoms with Gasteiger partial charge in [0.15, 0.2) is 5.76 Å². The standard InChI is InChI=1S/C15H9ClO3/c16-10-3-1-2-9(6-10)7-14-15(18)12-5-4-11(17)8-13(12)19-14/h1-8,17H/b14-7-. The molecule has 0 bridgehead atoms. The number of phenols is 1. The summed E-state index contributed by atoms with van der Waals surface area (Å²) >= 11 is 5.89. The van der Waals surface area contributed by atoms with Crippen LogP contribution in [0.3, 0.4) is 0 Å². The molecule has 0 aromatic heterocycles. The number of Topliss-reactive ketones (excluding diaryl/α,β-unsaturated/α-hetero) is 1. The number of allylic oxidation sites excluding steroid dienone is 1. The van der Waals surface area contributed by atoms with Crippen LogP contribution >= 0.6 is 11.6 Å². The minimum atomic E-state index is -0.199. The Morgan fingerprint density at radius 2 is 2.00 bits per heavy atom. The van der Waals surface area contributed by atoms with Crippen molar-refractivity contribution >= 4 is 23.5 Å². The molecule has 1 aliphatic rings. The van der Waals surface area contributed by atoms with E-state index in [1.807, 2.05) is 6.07 Å². The number of ether oxygens (including phenoxy) is 1. The third kappa shape index (κ3) is 2.20. The number of phenolic OH excluding ortho intramolecular Hbond substituents is 1. The van der Waals surface area contributed by atoms with Gasteiger partial charge in [0.05, 0.1) is 5.56 Å². The highest BCUT2D eigenvalue weighted by atomic mass is 35.5. The van der Waals surface area contributed by atoms with Crippen molar-refractivity contribution < 1.29 is 14.6 Å². The number of hydrogen-bond acceptors (Lipinski definition) is 3. The lowest BCUT2D eigenvalue weighted by Crippen LogP contribution is -1.97. The second-order valence-electron chi connectivity index (χ2n) is 4.18. The van der Waals surface area contributed by atoms with Gasteiger partial charge in [-0.3, -0.25) is 4.79 Å². The summed E-state index contributed by atoms with van der Waals surface area (Å²) in [7, 11) is 0. The Bertz CT molecular complexity index is 704. The Kier molecular flexibility index (Phi) is 2.76. The van der Waals surface area contributed by atoms with Gasteiger partial charge in [-0.1, -0.05) is 23.7 Å². The number of fused-ring (bicyclic) bond motifs is 1. The highest BCUT2D eigenvalue weighted by Crippen LogP contribution is 2.34. The zero-order chi connectivity index (χ0) is 13.4. The molecule has 2 aromatic rings. The molecule has 0 fully saturated rings. The maximum absolute atomic E-state index is 12.1. The van der Waals surface area contributed by atoms with Crippen molar-refractivity contribution in [1.82, 2.24) is 0 Å². The van der Waals surface area contributed by atoms with E-state index >= 15 is 0 Å². The Morgan fingerprint density at radius 3 is 2.79 bits per heavy atom. The van der Waals surface area contributed by atoms with E-state index in [0.717, 1.165) is 5.56 Å². The van der Waals surface area contributed by atoms with Gasteiger partial charge in [-0.25, -0.2) is 0 Å². The first-order valence-corrected chi connectivity index (χ1v) is 6.04. The highest BCUT2D eigenvalue weighted by Gasteiger charge is 2.27. The van der Waals surface area contributed by atoms with Gasteiger partial charge in [-0.2, -0.15) is 0 Å². The minimum Gasteiger partial charge on any atom is -0.508 e. The molecule has 0 saturated carbocycles. The van der Waals surface area contributed by atoms with Crippen LogP contribution in [-0.2, 0) is 0 Å². The molecule has 1 N–H and O–H groups in total. The molecule has 4 heteroatoms. The van der Waals surface area contributed by atoms with E-state index in [1.54, 1.807) is 30.3 Å². The van der Waals surface area contributed by atoms with Crippen LogP contribution in [-0.4, -0.2) is 10.9 Å². The first kappa shape index (κ1) is 11.8. The zero-order valence-electron chi connectivity index (χ0n) is 9.76. The van der Waals surface area contributed by atoms with E-state index in [1.165, 1.54) is 12.1 Å². The highest BCUT2D eigenvalue weighted by molar-refractivity contribution is 6.30. The SMILES string of the molecule is O=C1/C(=C/c2cccc(Cl)c2)Oc2cc(O)ccc21. The molecule has 0 unspecified atom stereocenters.